The summed E-state index contributed by atoms with van der Waals surface area (Å²) in [7, 11) is 0. The Morgan fingerprint density at radius 1 is 1.67 bits per heavy atom. The van der Waals surface area contributed by atoms with E-state index in [9.17, 15) is 4.79 Å². The molecule has 2 N–H and O–H groups in total. The van der Waals surface area contributed by atoms with Crippen molar-refractivity contribution in [3.05, 3.63) is 11.3 Å². The third-order valence-electron chi connectivity index (χ3n) is 2.38. The highest BCUT2D eigenvalue weighted by Gasteiger charge is 2.17. The zero-order valence-electron chi connectivity index (χ0n) is 9.20. The molecule has 84 valence electrons. The van der Waals surface area contributed by atoms with Crippen LogP contribution in [0.2, 0.25) is 0 Å². The summed E-state index contributed by atoms with van der Waals surface area (Å²) in [6.07, 6.45) is 1.08. The minimum absolute atomic E-state index is 0.309. The predicted molar refractivity (Wildman–Crippen MR) is 61.8 cm³/mol. The van der Waals surface area contributed by atoms with E-state index in [0.29, 0.717) is 22.2 Å². The zero-order valence-corrected chi connectivity index (χ0v) is 10.0. The van der Waals surface area contributed by atoms with Gasteiger partial charge in [0, 0.05) is 6.54 Å². The van der Waals surface area contributed by atoms with Gasteiger partial charge in [-0.15, -0.1) is 0 Å². The predicted octanol–water partition coefficient (Wildman–Crippen LogP) is 2.61. The molecule has 0 amide bonds. The molecule has 5 heteroatoms. The quantitative estimate of drug-likeness (QED) is 0.813. The lowest BCUT2D eigenvalue weighted by Crippen LogP contribution is -2.11. The number of rotatable bonds is 5. The Bertz CT molecular complexity index is 349. The minimum Gasteiger partial charge on any atom is -0.478 e. The molecule has 0 spiro atoms. The molecule has 15 heavy (non-hydrogen) atoms. The maximum absolute atomic E-state index is 10.9. The first kappa shape index (κ1) is 12.0. The minimum atomic E-state index is -0.909. The van der Waals surface area contributed by atoms with Crippen LogP contribution >= 0.6 is 11.5 Å². The molecule has 0 aromatic carbocycles. The second-order valence-corrected chi connectivity index (χ2v) is 4.44. The average molecular weight is 228 g/mol. The molecule has 0 radical (unpaired) electrons. The molecule has 4 nitrogen and oxygen atoms in total. The van der Waals surface area contributed by atoms with Crippen LogP contribution in [0.1, 0.15) is 36.3 Å². The molecule has 0 aliphatic rings. The van der Waals surface area contributed by atoms with Crippen molar-refractivity contribution in [2.45, 2.75) is 27.2 Å². The standard InChI is InChI=1S/C10H16N2O2S/c1-4-6(2)5-11-9-8(10(13)14)7(3)12-15-9/h6,11H,4-5H2,1-3H3,(H,13,14). The van der Waals surface area contributed by atoms with Crippen LogP contribution < -0.4 is 5.32 Å². The molecule has 1 atom stereocenters. The topological polar surface area (TPSA) is 62.2 Å². The molecule has 1 aromatic rings. The number of aromatic carboxylic acids is 1. The highest BCUT2D eigenvalue weighted by molar-refractivity contribution is 7.10. The van der Waals surface area contributed by atoms with Crippen molar-refractivity contribution < 1.29 is 9.90 Å². The van der Waals surface area contributed by atoms with E-state index in [-0.39, 0.29) is 0 Å². The van der Waals surface area contributed by atoms with Gasteiger partial charge < -0.3 is 10.4 Å². The van der Waals surface area contributed by atoms with Gasteiger partial charge >= 0.3 is 5.97 Å². The van der Waals surface area contributed by atoms with E-state index in [2.05, 4.69) is 23.5 Å². The maximum Gasteiger partial charge on any atom is 0.340 e. The Labute approximate surface area is 93.5 Å². The number of nitrogens with one attached hydrogen (secondary N) is 1. The second kappa shape index (κ2) is 5.11. The molecule has 0 bridgehead atoms. The molecule has 0 fully saturated rings. The van der Waals surface area contributed by atoms with Crippen LogP contribution in [-0.4, -0.2) is 22.0 Å². The van der Waals surface area contributed by atoms with Crippen LogP contribution in [0.4, 0.5) is 5.00 Å². The molecule has 1 unspecified atom stereocenters. The first-order chi connectivity index (χ1) is 7.06. The number of hydrogen-bond donors (Lipinski definition) is 2. The molecular weight excluding hydrogens is 212 g/mol. The van der Waals surface area contributed by atoms with E-state index in [1.54, 1.807) is 6.92 Å². The maximum atomic E-state index is 10.9. The van der Waals surface area contributed by atoms with Crippen molar-refractivity contribution in [2.24, 2.45) is 5.92 Å². The van der Waals surface area contributed by atoms with E-state index in [0.717, 1.165) is 13.0 Å². The Balaban J connectivity index is 2.73. The largest absolute Gasteiger partial charge is 0.478 e. The smallest absolute Gasteiger partial charge is 0.340 e. The number of aryl methyl sites for hydroxylation is 1. The first-order valence-electron chi connectivity index (χ1n) is 4.99. The van der Waals surface area contributed by atoms with Crippen LogP contribution in [0.5, 0.6) is 0 Å². The van der Waals surface area contributed by atoms with Gasteiger partial charge in [0.05, 0.1) is 5.69 Å². The molecule has 1 heterocycles. The van der Waals surface area contributed by atoms with E-state index >= 15 is 0 Å². The number of aromatic nitrogens is 1. The number of anilines is 1. The molecule has 0 saturated heterocycles. The van der Waals surface area contributed by atoms with Crippen molar-refractivity contribution in [1.29, 1.82) is 0 Å². The number of carbonyl (C=O) groups is 1. The fourth-order valence-corrected chi connectivity index (χ4v) is 1.95. The lowest BCUT2D eigenvalue weighted by Gasteiger charge is -2.09. The van der Waals surface area contributed by atoms with Gasteiger partial charge in [0.2, 0.25) is 0 Å². The Kier molecular flexibility index (Phi) is 4.08. The van der Waals surface area contributed by atoms with Crippen molar-refractivity contribution in [3.8, 4) is 0 Å². The van der Waals surface area contributed by atoms with Gasteiger partial charge in [0.25, 0.3) is 0 Å². The third kappa shape index (κ3) is 2.92. The Morgan fingerprint density at radius 2 is 2.33 bits per heavy atom. The lowest BCUT2D eigenvalue weighted by atomic mass is 10.1. The summed E-state index contributed by atoms with van der Waals surface area (Å²) in [5.41, 5.74) is 0.891. The summed E-state index contributed by atoms with van der Waals surface area (Å²) in [4.78, 5) is 10.9. The highest BCUT2D eigenvalue weighted by Crippen LogP contribution is 2.24. The average Bonchev–Trinajstić information content (AvgIpc) is 2.56. The Morgan fingerprint density at radius 3 is 2.87 bits per heavy atom. The van der Waals surface area contributed by atoms with E-state index in [4.69, 9.17) is 5.11 Å². The summed E-state index contributed by atoms with van der Waals surface area (Å²) in [6, 6.07) is 0. The SMILES string of the molecule is CCC(C)CNc1snc(C)c1C(=O)O. The monoisotopic (exact) mass is 228 g/mol. The number of hydrogen-bond acceptors (Lipinski definition) is 4. The van der Waals surface area contributed by atoms with Crippen LogP contribution in [-0.2, 0) is 0 Å². The normalized spacial score (nSPS) is 12.5. The van der Waals surface area contributed by atoms with E-state index in [1.165, 1.54) is 11.5 Å². The summed E-state index contributed by atoms with van der Waals surface area (Å²) in [5.74, 6) is -0.373. The van der Waals surface area contributed by atoms with Gasteiger partial charge in [0.15, 0.2) is 0 Å². The number of carboxylic acids is 1. The highest BCUT2D eigenvalue weighted by atomic mass is 32.1. The molecular formula is C10H16N2O2S. The fraction of sp³-hybridized carbons (Fsp3) is 0.600. The number of nitrogens with zero attached hydrogens (tertiary/aromatic N) is 1. The lowest BCUT2D eigenvalue weighted by molar-refractivity contribution is 0.0697. The van der Waals surface area contributed by atoms with Gasteiger partial charge in [-0.05, 0) is 24.4 Å². The van der Waals surface area contributed by atoms with E-state index < -0.39 is 5.97 Å². The van der Waals surface area contributed by atoms with Crippen LogP contribution in [0.15, 0.2) is 0 Å². The van der Waals surface area contributed by atoms with Crippen LogP contribution in [0.3, 0.4) is 0 Å². The van der Waals surface area contributed by atoms with Gasteiger partial charge in [-0.1, -0.05) is 20.3 Å². The van der Waals surface area contributed by atoms with Crippen molar-refractivity contribution in [3.63, 3.8) is 0 Å². The molecule has 0 aliphatic heterocycles. The second-order valence-electron chi connectivity index (χ2n) is 3.67. The van der Waals surface area contributed by atoms with Crippen LogP contribution in [0, 0.1) is 12.8 Å². The van der Waals surface area contributed by atoms with Gasteiger partial charge in [0.1, 0.15) is 10.6 Å². The number of carboxylic acid groups (broad SMARTS) is 1. The van der Waals surface area contributed by atoms with Crippen LogP contribution in [0.25, 0.3) is 0 Å². The molecule has 1 rings (SSSR count). The van der Waals surface area contributed by atoms with Gasteiger partial charge in [-0.25, -0.2) is 4.79 Å². The fourth-order valence-electron chi connectivity index (χ4n) is 1.15. The molecule has 0 aliphatic carbocycles. The summed E-state index contributed by atoms with van der Waals surface area (Å²) < 4.78 is 4.04. The third-order valence-corrected chi connectivity index (χ3v) is 3.28. The summed E-state index contributed by atoms with van der Waals surface area (Å²) in [5, 5.41) is 12.8. The zero-order chi connectivity index (χ0) is 11.4. The Hall–Kier alpha value is -1.10. The molecule has 0 saturated carbocycles. The molecule has 1 aromatic heterocycles. The van der Waals surface area contributed by atoms with Crippen molar-refractivity contribution in [1.82, 2.24) is 4.37 Å². The van der Waals surface area contributed by atoms with Gasteiger partial charge in [-0.3, -0.25) is 0 Å². The van der Waals surface area contributed by atoms with Gasteiger partial charge in [-0.2, -0.15) is 4.37 Å². The first-order valence-corrected chi connectivity index (χ1v) is 5.77. The summed E-state index contributed by atoms with van der Waals surface area (Å²) >= 11 is 1.22. The van der Waals surface area contributed by atoms with E-state index in [1.807, 2.05) is 0 Å². The summed E-state index contributed by atoms with van der Waals surface area (Å²) in [6.45, 7) is 6.75. The van der Waals surface area contributed by atoms with Crippen molar-refractivity contribution in [2.75, 3.05) is 11.9 Å². The van der Waals surface area contributed by atoms with Crippen molar-refractivity contribution >= 4 is 22.5 Å².